The van der Waals surface area contributed by atoms with Crippen molar-refractivity contribution in [1.29, 1.82) is 0 Å². The molecule has 0 spiro atoms. The molecule has 0 amide bonds. The fraction of sp³-hybridized carbons (Fsp3) is 0.400. The molecule has 0 aliphatic rings. The lowest BCUT2D eigenvalue weighted by atomic mass is 10.1. The topological polar surface area (TPSA) is 59.4 Å². The van der Waals surface area contributed by atoms with Gasteiger partial charge in [-0.15, -0.1) is 0 Å². The lowest BCUT2D eigenvalue weighted by Crippen LogP contribution is -2.10. The van der Waals surface area contributed by atoms with E-state index >= 15 is 0 Å². The van der Waals surface area contributed by atoms with Crippen LogP contribution in [-0.2, 0) is 16.0 Å². The van der Waals surface area contributed by atoms with Gasteiger partial charge in [0.15, 0.2) is 10.9 Å². The van der Waals surface area contributed by atoms with Gasteiger partial charge in [-0.05, 0) is 6.92 Å². The first-order valence-corrected chi connectivity index (χ1v) is 5.15. The zero-order valence-corrected chi connectivity index (χ0v) is 9.67. The second-order valence-electron chi connectivity index (χ2n) is 3.11. The Morgan fingerprint density at radius 1 is 1.65 bits per heavy atom. The Balaban J connectivity index is 3.10. The number of aromatic hydroxyl groups is 1. The van der Waals surface area contributed by atoms with E-state index in [1.54, 1.807) is 6.92 Å². The van der Waals surface area contributed by atoms with Crippen molar-refractivity contribution in [3.63, 3.8) is 0 Å². The number of hydrogen-bond donors (Lipinski definition) is 1. The van der Waals surface area contributed by atoms with Crippen LogP contribution in [0.2, 0.25) is 5.15 Å². The van der Waals surface area contributed by atoms with Crippen LogP contribution in [0.15, 0.2) is 6.20 Å². The first-order chi connectivity index (χ1) is 7.97. The van der Waals surface area contributed by atoms with Crippen LogP contribution in [0.25, 0.3) is 0 Å². The van der Waals surface area contributed by atoms with Gasteiger partial charge in [0.25, 0.3) is 6.43 Å². The molecule has 0 aromatic carbocycles. The van der Waals surface area contributed by atoms with Crippen molar-refractivity contribution < 1.29 is 23.4 Å². The molecular weight excluding hydrogens is 256 g/mol. The number of rotatable bonds is 4. The lowest BCUT2D eigenvalue weighted by molar-refractivity contribution is -0.142. The van der Waals surface area contributed by atoms with Crippen molar-refractivity contribution in [2.45, 2.75) is 19.8 Å². The molecule has 0 aliphatic carbocycles. The van der Waals surface area contributed by atoms with Gasteiger partial charge in [-0.2, -0.15) is 0 Å². The van der Waals surface area contributed by atoms with E-state index in [4.69, 9.17) is 11.6 Å². The Morgan fingerprint density at radius 3 is 2.82 bits per heavy atom. The molecule has 0 radical (unpaired) electrons. The van der Waals surface area contributed by atoms with Gasteiger partial charge in [0.1, 0.15) is 0 Å². The minimum atomic E-state index is -2.85. The molecule has 0 aliphatic heterocycles. The van der Waals surface area contributed by atoms with Crippen molar-refractivity contribution in [2.75, 3.05) is 6.61 Å². The molecule has 0 saturated carbocycles. The van der Waals surface area contributed by atoms with Crippen LogP contribution in [0.4, 0.5) is 8.78 Å². The average Bonchev–Trinajstić information content (AvgIpc) is 2.25. The molecule has 1 aromatic heterocycles. The number of aromatic nitrogens is 1. The maximum absolute atomic E-state index is 12.6. The van der Waals surface area contributed by atoms with Crippen LogP contribution >= 0.6 is 11.6 Å². The van der Waals surface area contributed by atoms with E-state index in [0.717, 1.165) is 6.20 Å². The molecule has 0 fully saturated rings. The molecule has 17 heavy (non-hydrogen) atoms. The van der Waals surface area contributed by atoms with E-state index in [-0.39, 0.29) is 17.3 Å². The van der Waals surface area contributed by atoms with Crippen LogP contribution in [0.1, 0.15) is 24.5 Å². The first-order valence-electron chi connectivity index (χ1n) is 4.77. The highest BCUT2D eigenvalue weighted by molar-refractivity contribution is 6.30. The third kappa shape index (κ3) is 3.26. The fourth-order valence-corrected chi connectivity index (χ4v) is 1.42. The Kier molecular flexibility index (Phi) is 4.62. The molecule has 1 rings (SSSR count). The van der Waals surface area contributed by atoms with Gasteiger partial charge in [0, 0.05) is 17.3 Å². The minimum absolute atomic E-state index is 0.127. The molecule has 4 nitrogen and oxygen atoms in total. The van der Waals surface area contributed by atoms with Crippen molar-refractivity contribution in [3.8, 4) is 5.75 Å². The smallest absolute Gasteiger partial charge is 0.310 e. The highest BCUT2D eigenvalue weighted by Gasteiger charge is 2.22. The second kappa shape index (κ2) is 5.77. The highest BCUT2D eigenvalue weighted by atomic mass is 35.5. The van der Waals surface area contributed by atoms with E-state index in [2.05, 4.69) is 9.72 Å². The minimum Gasteiger partial charge on any atom is -0.504 e. The summed E-state index contributed by atoms with van der Waals surface area (Å²) in [5.41, 5.74) is -0.779. The normalized spacial score (nSPS) is 10.6. The summed E-state index contributed by atoms with van der Waals surface area (Å²) in [6.45, 7) is 1.72. The zero-order valence-electron chi connectivity index (χ0n) is 8.91. The van der Waals surface area contributed by atoms with Crippen LogP contribution < -0.4 is 0 Å². The van der Waals surface area contributed by atoms with E-state index in [9.17, 15) is 18.7 Å². The maximum Gasteiger partial charge on any atom is 0.310 e. The number of alkyl halides is 2. The monoisotopic (exact) mass is 265 g/mol. The number of carbonyl (C=O) groups excluding carboxylic acids is 1. The SMILES string of the molecule is CCOC(=O)Cc1c(C(F)F)cnc(Cl)c1O. The van der Waals surface area contributed by atoms with Crippen molar-refractivity contribution in [2.24, 2.45) is 0 Å². The maximum atomic E-state index is 12.6. The molecule has 1 aromatic rings. The summed E-state index contributed by atoms with van der Waals surface area (Å²) in [6, 6.07) is 0. The van der Waals surface area contributed by atoms with E-state index in [1.165, 1.54) is 0 Å². The van der Waals surface area contributed by atoms with Crippen molar-refractivity contribution in [1.82, 2.24) is 4.98 Å². The fourth-order valence-electron chi connectivity index (χ4n) is 1.26. The zero-order chi connectivity index (χ0) is 13.0. The molecule has 1 heterocycles. The van der Waals surface area contributed by atoms with E-state index in [0.29, 0.717) is 0 Å². The number of ether oxygens (including phenoxy) is 1. The summed E-state index contributed by atoms with van der Waals surface area (Å²) < 4.78 is 29.9. The number of carbonyl (C=O) groups is 1. The first kappa shape index (κ1) is 13.6. The summed E-state index contributed by atoms with van der Waals surface area (Å²) in [7, 11) is 0. The summed E-state index contributed by atoms with van der Waals surface area (Å²) in [4.78, 5) is 14.6. The summed E-state index contributed by atoms with van der Waals surface area (Å²) >= 11 is 5.49. The molecule has 0 atom stereocenters. The van der Waals surface area contributed by atoms with Gasteiger partial charge in [-0.3, -0.25) is 4.79 Å². The lowest BCUT2D eigenvalue weighted by Gasteiger charge is -2.10. The summed E-state index contributed by atoms with van der Waals surface area (Å²) in [6.07, 6.45) is -2.49. The van der Waals surface area contributed by atoms with Crippen molar-refractivity contribution in [3.05, 3.63) is 22.5 Å². The molecule has 1 N–H and O–H groups in total. The quantitative estimate of drug-likeness (QED) is 0.671. The van der Waals surface area contributed by atoms with E-state index < -0.39 is 30.1 Å². The molecule has 0 bridgehead atoms. The molecule has 0 unspecified atom stereocenters. The van der Waals surface area contributed by atoms with E-state index in [1.807, 2.05) is 0 Å². The van der Waals surface area contributed by atoms with Crippen LogP contribution in [0, 0.1) is 0 Å². The van der Waals surface area contributed by atoms with Gasteiger partial charge in [-0.1, -0.05) is 11.6 Å². The van der Waals surface area contributed by atoms with Gasteiger partial charge in [0.05, 0.1) is 13.0 Å². The number of esters is 1. The van der Waals surface area contributed by atoms with Gasteiger partial charge >= 0.3 is 5.97 Å². The Labute approximate surface area is 101 Å². The predicted octanol–water partition coefficient (Wildman–Crippen LogP) is 2.48. The Hall–Kier alpha value is -1.43. The predicted molar refractivity (Wildman–Crippen MR) is 56.2 cm³/mol. The summed E-state index contributed by atoms with van der Waals surface area (Å²) in [5.74, 6) is -1.33. The van der Waals surface area contributed by atoms with Gasteiger partial charge < -0.3 is 9.84 Å². The third-order valence-corrected chi connectivity index (χ3v) is 2.28. The molecular formula is C10H10ClF2NO3. The third-order valence-electron chi connectivity index (χ3n) is 2.01. The standard InChI is InChI=1S/C10H10ClF2NO3/c1-2-17-7(15)3-5-6(10(12)13)4-14-9(11)8(5)16/h4,10,16H,2-3H2,1H3. The Morgan fingerprint density at radius 2 is 2.29 bits per heavy atom. The average molecular weight is 266 g/mol. The number of hydrogen-bond acceptors (Lipinski definition) is 4. The number of halogens is 3. The van der Waals surface area contributed by atoms with Crippen molar-refractivity contribution >= 4 is 17.6 Å². The van der Waals surface area contributed by atoms with Crippen LogP contribution in [-0.4, -0.2) is 22.7 Å². The largest absolute Gasteiger partial charge is 0.504 e. The highest BCUT2D eigenvalue weighted by Crippen LogP contribution is 2.33. The molecule has 0 saturated heterocycles. The number of pyridine rings is 1. The van der Waals surface area contributed by atoms with Crippen LogP contribution in [0.5, 0.6) is 5.75 Å². The molecule has 7 heteroatoms. The molecule has 94 valence electrons. The Bertz CT molecular complexity index is 426. The second-order valence-corrected chi connectivity index (χ2v) is 3.47. The van der Waals surface area contributed by atoms with Gasteiger partial charge in [0.2, 0.25) is 0 Å². The number of nitrogens with zero attached hydrogens (tertiary/aromatic N) is 1. The van der Waals surface area contributed by atoms with Gasteiger partial charge in [-0.25, -0.2) is 13.8 Å². The summed E-state index contributed by atoms with van der Waals surface area (Å²) in [5, 5.41) is 9.18. The van der Waals surface area contributed by atoms with Crippen LogP contribution in [0.3, 0.4) is 0 Å².